The van der Waals surface area contributed by atoms with E-state index in [-0.39, 0.29) is 5.97 Å². The number of rotatable bonds is 2. The van der Waals surface area contributed by atoms with Crippen LogP contribution in [-0.4, -0.2) is 24.6 Å². The molecule has 0 aromatic rings. The van der Waals surface area contributed by atoms with Gasteiger partial charge in [-0.25, -0.2) is 4.79 Å². The van der Waals surface area contributed by atoms with Crippen molar-refractivity contribution in [3.05, 3.63) is 47.6 Å². The zero-order chi connectivity index (χ0) is 15.7. The van der Waals surface area contributed by atoms with Crippen LogP contribution >= 0.6 is 0 Å². The zero-order valence-corrected chi connectivity index (χ0v) is 12.8. The average molecular weight is 288 g/mol. The van der Waals surface area contributed by atoms with E-state index in [1.165, 1.54) is 7.11 Å². The Morgan fingerprint density at radius 1 is 1.24 bits per heavy atom. The summed E-state index contributed by atoms with van der Waals surface area (Å²) in [6, 6.07) is 0. The van der Waals surface area contributed by atoms with E-state index in [0.717, 1.165) is 5.57 Å². The minimum Gasteiger partial charge on any atom is -0.468 e. The molecule has 2 aliphatic carbocycles. The van der Waals surface area contributed by atoms with Gasteiger partial charge in [-0.3, -0.25) is 4.79 Å². The van der Waals surface area contributed by atoms with Crippen molar-refractivity contribution in [2.75, 3.05) is 7.11 Å². The van der Waals surface area contributed by atoms with Crippen molar-refractivity contribution in [1.82, 2.24) is 0 Å². The van der Waals surface area contributed by atoms with Gasteiger partial charge in [-0.15, -0.1) is 0 Å². The van der Waals surface area contributed by atoms with Gasteiger partial charge in [-0.2, -0.15) is 0 Å². The lowest BCUT2D eigenvalue weighted by atomic mass is 9.71. The van der Waals surface area contributed by atoms with Gasteiger partial charge in [0.2, 0.25) is 0 Å². The number of allylic oxidation sites excluding steroid dienone is 4. The molecule has 0 bridgehead atoms. The number of ether oxygens (including phenoxy) is 2. The summed E-state index contributed by atoms with van der Waals surface area (Å²) in [5.41, 5.74) is -0.302. The number of hydrogen-bond donors (Lipinski definition) is 0. The van der Waals surface area contributed by atoms with E-state index in [1.807, 2.05) is 39.0 Å². The summed E-state index contributed by atoms with van der Waals surface area (Å²) < 4.78 is 10.3. The van der Waals surface area contributed by atoms with Gasteiger partial charge < -0.3 is 9.47 Å². The lowest BCUT2D eigenvalue weighted by molar-refractivity contribution is -0.149. The summed E-state index contributed by atoms with van der Waals surface area (Å²) >= 11 is 0. The minimum atomic E-state index is -0.926. The Labute approximate surface area is 124 Å². The molecule has 1 atom stereocenters. The fourth-order valence-electron chi connectivity index (χ4n) is 2.44. The van der Waals surface area contributed by atoms with Gasteiger partial charge in [0.1, 0.15) is 11.0 Å². The molecule has 0 N–H and O–H groups in total. The summed E-state index contributed by atoms with van der Waals surface area (Å²) in [6.45, 7) is 5.42. The van der Waals surface area contributed by atoms with Crippen LogP contribution in [0.1, 0.15) is 27.2 Å². The van der Waals surface area contributed by atoms with E-state index in [1.54, 1.807) is 18.2 Å². The van der Waals surface area contributed by atoms with Crippen LogP contribution in [0.3, 0.4) is 0 Å². The second-order valence-electron chi connectivity index (χ2n) is 6.15. The Bertz CT molecular complexity index is 584. The molecule has 0 saturated heterocycles. The largest absolute Gasteiger partial charge is 0.468 e. The third-order valence-electron chi connectivity index (χ3n) is 3.40. The molecule has 4 nitrogen and oxygen atoms in total. The molecule has 0 aromatic carbocycles. The molecule has 0 heterocycles. The Morgan fingerprint density at radius 3 is 2.57 bits per heavy atom. The number of esters is 2. The highest BCUT2D eigenvalue weighted by Crippen LogP contribution is 2.42. The van der Waals surface area contributed by atoms with Gasteiger partial charge in [0.15, 0.2) is 0 Å². The Hall–Kier alpha value is -2.10. The van der Waals surface area contributed by atoms with Crippen molar-refractivity contribution in [2.24, 2.45) is 5.41 Å². The third kappa shape index (κ3) is 2.99. The van der Waals surface area contributed by atoms with Crippen LogP contribution in [0.25, 0.3) is 0 Å². The molecule has 0 radical (unpaired) electrons. The maximum absolute atomic E-state index is 12.2. The molecular formula is C17H20O4. The molecular weight excluding hydrogens is 268 g/mol. The number of carbonyl (C=O) groups is 2. The topological polar surface area (TPSA) is 52.6 Å². The first kappa shape index (κ1) is 15.3. The van der Waals surface area contributed by atoms with E-state index in [0.29, 0.717) is 12.0 Å². The minimum absolute atomic E-state index is 0.372. The quantitative estimate of drug-likeness (QED) is 0.733. The lowest BCUT2D eigenvalue weighted by Crippen LogP contribution is -2.35. The summed E-state index contributed by atoms with van der Waals surface area (Å²) in [4.78, 5) is 24.5. The number of hydrogen-bond acceptors (Lipinski definition) is 4. The van der Waals surface area contributed by atoms with Crippen LogP contribution in [0.2, 0.25) is 0 Å². The number of fused-ring (bicyclic) bond motifs is 1. The van der Waals surface area contributed by atoms with E-state index in [4.69, 9.17) is 9.47 Å². The molecule has 112 valence electrons. The van der Waals surface area contributed by atoms with E-state index in [2.05, 4.69) is 0 Å². The van der Waals surface area contributed by atoms with Crippen LogP contribution in [0.4, 0.5) is 0 Å². The Kier molecular flexibility index (Phi) is 3.90. The number of methoxy groups -OCH3 is 1. The second-order valence-corrected chi connectivity index (χ2v) is 6.15. The van der Waals surface area contributed by atoms with Crippen LogP contribution in [0, 0.1) is 5.41 Å². The maximum Gasteiger partial charge on any atom is 0.338 e. The van der Waals surface area contributed by atoms with Gasteiger partial charge in [0.05, 0.1) is 12.7 Å². The van der Waals surface area contributed by atoms with Crippen LogP contribution in [0.15, 0.2) is 47.6 Å². The first-order valence-electron chi connectivity index (χ1n) is 6.88. The molecule has 0 fully saturated rings. The predicted molar refractivity (Wildman–Crippen MR) is 79.4 cm³/mol. The van der Waals surface area contributed by atoms with Crippen molar-refractivity contribution < 1.29 is 19.1 Å². The average Bonchev–Trinajstić information content (AvgIpc) is 2.43. The normalized spacial score (nSPS) is 23.8. The molecule has 2 aliphatic rings. The highest BCUT2D eigenvalue weighted by atomic mass is 16.6. The Balaban J connectivity index is 2.38. The number of carbonyl (C=O) groups excluding carboxylic acids is 2. The molecule has 4 heteroatoms. The molecule has 21 heavy (non-hydrogen) atoms. The van der Waals surface area contributed by atoms with Gasteiger partial charge in [-0.1, -0.05) is 24.3 Å². The first-order valence-corrected chi connectivity index (χ1v) is 6.88. The monoisotopic (exact) mass is 288 g/mol. The molecule has 0 saturated carbocycles. The fourth-order valence-corrected chi connectivity index (χ4v) is 2.44. The van der Waals surface area contributed by atoms with Crippen molar-refractivity contribution in [3.8, 4) is 0 Å². The van der Waals surface area contributed by atoms with Crippen molar-refractivity contribution in [1.29, 1.82) is 0 Å². The first-order chi connectivity index (χ1) is 9.78. The molecule has 1 unspecified atom stereocenters. The van der Waals surface area contributed by atoms with Crippen LogP contribution in [0.5, 0.6) is 0 Å². The summed E-state index contributed by atoms with van der Waals surface area (Å²) in [5.74, 6) is -0.806. The highest BCUT2D eigenvalue weighted by Gasteiger charge is 2.43. The van der Waals surface area contributed by atoms with E-state index in [9.17, 15) is 9.59 Å². The van der Waals surface area contributed by atoms with Crippen molar-refractivity contribution >= 4 is 11.9 Å². The maximum atomic E-state index is 12.2. The van der Waals surface area contributed by atoms with Gasteiger partial charge in [-0.05, 0) is 44.9 Å². The van der Waals surface area contributed by atoms with Crippen molar-refractivity contribution in [2.45, 2.75) is 32.8 Å². The summed E-state index contributed by atoms with van der Waals surface area (Å²) in [6.07, 6.45) is 11.2. The molecule has 0 aliphatic heterocycles. The summed E-state index contributed by atoms with van der Waals surface area (Å²) in [5, 5.41) is 0. The predicted octanol–water partition coefficient (Wildman–Crippen LogP) is 2.87. The van der Waals surface area contributed by atoms with E-state index < -0.39 is 17.0 Å². The van der Waals surface area contributed by atoms with Gasteiger partial charge in [0.25, 0.3) is 0 Å². The lowest BCUT2D eigenvalue weighted by Gasteiger charge is -2.33. The molecule has 2 rings (SSSR count). The highest BCUT2D eigenvalue weighted by molar-refractivity contribution is 5.96. The zero-order valence-electron chi connectivity index (χ0n) is 12.8. The fraction of sp³-hybridized carbons (Fsp3) is 0.412. The Morgan fingerprint density at radius 2 is 1.95 bits per heavy atom. The molecule has 0 spiro atoms. The van der Waals surface area contributed by atoms with Crippen LogP contribution < -0.4 is 0 Å². The third-order valence-corrected chi connectivity index (χ3v) is 3.40. The van der Waals surface area contributed by atoms with Crippen molar-refractivity contribution in [3.63, 3.8) is 0 Å². The molecule has 0 amide bonds. The van der Waals surface area contributed by atoms with Gasteiger partial charge >= 0.3 is 11.9 Å². The molecule has 0 aromatic heterocycles. The second kappa shape index (κ2) is 5.35. The van der Waals surface area contributed by atoms with Crippen LogP contribution in [-0.2, 0) is 19.1 Å². The summed E-state index contributed by atoms with van der Waals surface area (Å²) in [7, 11) is 1.35. The smallest absolute Gasteiger partial charge is 0.338 e. The van der Waals surface area contributed by atoms with Gasteiger partial charge in [0, 0.05) is 0 Å². The van der Waals surface area contributed by atoms with E-state index >= 15 is 0 Å². The standard InChI is InChI=1S/C17H20O4/c1-16(2,3)21-14(18)12-8-9-13-7-5-6-10-17(13,11-12)15(19)20-4/h5-9,11H,10H2,1-4H3. The SMILES string of the molecule is COC(=O)C12C=C(C(=O)OC(C)(C)C)C=CC1=CC=CC2.